The SMILES string of the molecule is COc1ccccc1CC(C)NC(=O)CCCCCN. The molecule has 1 unspecified atom stereocenters. The number of rotatable bonds is 9. The van der Waals surface area contributed by atoms with Crippen molar-refractivity contribution in [1.29, 1.82) is 0 Å². The van der Waals surface area contributed by atoms with Crippen LogP contribution in [0.3, 0.4) is 0 Å². The Balaban J connectivity index is 2.35. The van der Waals surface area contributed by atoms with Crippen LogP contribution < -0.4 is 15.8 Å². The van der Waals surface area contributed by atoms with E-state index in [0.29, 0.717) is 13.0 Å². The highest BCUT2D eigenvalue weighted by Crippen LogP contribution is 2.18. The van der Waals surface area contributed by atoms with Gasteiger partial charge in [-0.2, -0.15) is 0 Å². The van der Waals surface area contributed by atoms with Gasteiger partial charge in [-0.05, 0) is 44.4 Å². The second kappa shape index (κ2) is 9.37. The third-order valence-electron chi connectivity index (χ3n) is 3.23. The van der Waals surface area contributed by atoms with Crippen LogP contribution in [0.25, 0.3) is 0 Å². The van der Waals surface area contributed by atoms with Gasteiger partial charge < -0.3 is 15.8 Å². The first kappa shape index (κ1) is 16.5. The van der Waals surface area contributed by atoms with E-state index in [2.05, 4.69) is 5.32 Å². The third-order valence-corrected chi connectivity index (χ3v) is 3.23. The fourth-order valence-electron chi connectivity index (χ4n) is 2.21. The number of amides is 1. The lowest BCUT2D eigenvalue weighted by Crippen LogP contribution is -2.34. The van der Waals surface area contributed by atoms with Gasteiger partial charge in [0.2, 0.25) is 5.91 Å². The van der Waals surface area contributed by atoms with E-state index >= 15 is 0 Å². The van der Waals surface area contributed by atoms with Gasteiger partial charge in [0.25, 0.3) is 0 Å². The minimum Gasteiger partial charge on any atom is -0.496 e. The Bertz CT molecular complexity index is 407. The van der Waals surface area contributed by atoms with E-state index in [0.717, 1.165) is 37.0 Å². The predicted octanol–water partition coefficient (Wildman–Crippen LogP) is 2.26. The van der Waals surface area contributed by atoms with Crippen molar-refractivity contribution in [2.75, 3.05) is 13.7 Å². The first-order valence-corrected chi connectivity index (χ1v) is 7.28. The minimum atomic E-state index is 0.105. The number of hydrogen-bond acceptors (Lipinski definition) is 3. The molecule has 20 heavy (non-hydrogen) atoms. The summed E-state index contributed by atoms with van der Waals surface area (Å²) >= 11 is 0. The Kier molecular flexibility index (Phi) is 7.73. The highest BCUT2D eigenvalue weighted by atomic mass is 16.5. The van der Waals surface area contributed by atoms with Crippen LogP contribution in [0.1, 0.15) is 38.2 Å². The van der Waals surface area contributed by atoms with Crippen LogP contribution >= 0.6 is 0 Å². The van der Waals surface area contributed by atoms with Crippen LogP contribution in [0.2, 0.25) is 0 Å². The second-order valence-corrected chi connectivity index (χ2v) is 5.08. The molecular formula is C16H26N2O2. The molecule has 0 aliphatic heterocycles. The number of carbonyl (C=O) groups excluding carboxylic acids is 1. The molecule has 4 heteroatoms. The van der Waals surface area contributed by atoms with Gasteiger partial charge in [-0.15, -0.1) is 0 Å². The molecule has 0 radical (unpaired) electrons. The molecule has 3 N–H and O–H groups in total. The molecule has 0 heterocycles. The molecule has 0 bridgehead atoms. The number of para-hydroxylation sites is 1. The molecule has 4 nitrogen and oxygen atoms in total. The highest BCUT2D eigenvalue weighted by molar-refractivity contribution is 5.76. The van der Waals surface area contributed by atoms with E-state index in [-0.39, 0.29) is 11.9 Å². The van der Waals surface area contributed by atoms with Crippen molar-refractivity contribution in [1.82, 2.24) is 5.32 Å². The van der Waals surface area contributed by atoms with Crippen molar-refractivity contribution in [3.8, 4) is 5.75 Å². The summed E-state index contributed by atoms with van der Waals surface area (Å²) in [5.41, 5.74) is 6.54. The van der Waals surface area contributed by atoms with Gasteiger partial charge in [0.15, 0.2) is 0 Å². The van der Waals surface area contributed by atoms with Crippen molar-refractivity contribution < 1.29 is 9.53 Å². The smallest absolute Gasteiger partial charge is 0.220 e. The van der Waals surface area contributed by atoms with Gasteiger partial charge in [0, 0.05) is 12.5 Å². The van der Waals surface area contributed by atoms with Gasteiger partial charge in [-0.1, -0.05) is 24.6 Å². The highest BCUT2D eigenvalue weighted by Gasteiger charge is 2.10. The lowest BCUT2D eigenvalue weighted by molar-refractivity contribution is -0.121. The molecule has 1 atom stereocenters. The Morgan fingerprint density at radius 2 is 2.05 bits per heavy atom. The minimum absolute atomic E-state index is 0.105. The molecule has 112 valence electrons. The molecule has 0 fully saturated rings. The zero-order chi connectivity index (χ0) is 14.8. The molecule has 0 aromatic heterocycles. The standard InChI is InChI=1S/C16H26N2O2/c1-13(18-16(19)10-4-3-7-11-17)12-14-8-5-6-9-15(14)20-2/h5-6,8-9,13H,3-4,7,10-12,17H2,1-2H3,(H,18,19). The maximum Gasteiger partial charge on any atom is 0.220 e. The van der Waals surface area contributed by atoms with E-state index in [9.17, 15) is 4.79 Å². The van der Waals surface area contributed by atoms with Crippen LogP contribution in [-0.2, 0) is 11.2 Å². The van der Waals surface area contributed by atoms with Crippen molar-refractivity contribution in [3.63, 3.8) is 0 Å². The van der Waals surface area contributed by atoms with Gasteiger partial charge in [0.05, 0.1) is 7.11 Å². The maximum atomic E-state index is 11.8. The largest absolute Gasteiger partial charge is 0.496 e. The summed E-state index contributed by atoms with van der Waals surface area (Å²) in [6.07, 6.45) is 4.27. The first-order chi connectivity index (χ1) is 9.67. The number of hydrogen-bond donors (Lipinski definition) is 2. The zero-order valence-electron chi connectivity index (χ0n) is 12.5. The van der Waals surface area contributed by atoms with Crippen molar-refractivity contribution in [3.05, 3.63) is 29.8 Å². The summed E-state index contributed by atoms with van der Waals surface area (Å²) in [6, 6.07) is 8.01. The van der Waals surface area contributed by atoms with E-state index in [1.54, 1.807) is 7.11 Å². The molecule has 1 aromatic carbocycles. The van der Waals surface area contributed by atoms with Crippen LogP contribution in [0.4, 0.5) is 0 Å². The molecule has 0 aliphatic rings. The van der Waals surface area contributed by atoms with Crippen LogP contribution in [0.15, 0.2) is 24.3 Å². The Morgan fingerprint density at radius 3 is 2.75 bits per heavy atom. The molecular weight excluding hydrogens is 252 g/mol. The fraction of sp³-hybridized carbons (Fsp3) is 0.562. The molecule has 0 saturated carbocycles. The number of ether oxygens (including phenoxy) is 1. The first-order valence-electron chi connectivity index (χ1n) is 7.28. The van der Waals surface area contributed by atoms with E-state index in [4.69, 9.17) is 10.5 Å². The van der Waals surface area contributed by atoms with Gasteiger partial charge in [0.1, 0.15) is 5.75 Å². The summed E-state index contributed by atoms with van der Waals surface area (Å²) in [5.74, 6) is 0.987. The Labute approximate surface area is 121 Å². The van der Waals surface area contributed by atoms with Crippen LogP contribution in [0.5, 0.6) is 5.75 Å². The number of benzene rings is 1. The number of carbonyl (C=O) groups is 1. The van der Waals surface area contributed by atoms with Gasteiger partial charge in [-0.3, -0.25) is 4.79 Å². The molecule has 0 spiro atoms. The zero-order valence-corrected chi connectivity index (χ0v) is 12.5. The van der Waals surface area contributed by atoms with Crippen molar-refractivity contribution in [2.45, 2.75) is 45.1 Å². The fourth-order valence-corrected chi connectivity index (χ4v) is 2.21. The van der Waals surface area contributed by atoms with Gasteiger partial charge in [-0.25, -0.2) is 0 Å². The lowest BCUT2D eigenvalue weighted by Gasteiger charge is -2.16. The average Bonchev–Trinajstić information content (AvgIpc) is 2.44. The lowest BCUT2D eigenvalue weighted by atomic mass is 10.1. The summed E-state index contributed by atoms with van der Waals surface area (Å²) in [5, 5.41) is 3.03. The quantitative estimate of drug-likeness (QED) is 0.681. The summed E-state index contributed by atoms with van der Waals surface area (Å²) in [4.78, 5) is 11.8. The average molecular weight is 278 g/mol. The third kappa shape index (κ3) is 6.06. The molecule has 1 aromatic rings. The number of nitrogens with one attached hydrogen (secondary N) is 1. The second-order valence-electron chi connectivity index (χ2n) is 5.08. The molecule has 1 amide bonds. The summed E-state index contributed by atoms with van der Waals surface area (Å²) < 4.78 is 5.32. The maximum absolute atomic E-state index is 11.8. The van der Waals surface area contributed by atoms with Crippen molar-refractivity contribution >= 4 is 5.91 Å². The number of methoxy groups -OCH3 is 1. The van der Waals surface area contributed by atoms with Crippen LogP contribution in [-0.4, -0.2) is 25.6 Å². The molecule has 1 rings (SSSR count). The van der Waals surface area contributed by atoms with Crippen molar-refractivity contribution in [2.24, 2.45) is 5.73 Å². The predicted molar refractivity (Wildman–Crippen MR) is 81.8 cm³/mol. The molecule has 0 aliphatic carbocycles. The topological polar surface area (TPSA) is 64.3 Å². The monoisotopic (exact) mass is 278 g/mol. The van der Waals surface area contributed by atoms with E-state index in [1.165, 1.54) is 0 Å². The van der Waals surface area contributed by atoms with E-state index < -0.39 is 0 Å². The van der Waals surface area contributed by atoms with Gasteiger partial charge >= 0.3 is 0 Å². The summed E-state index contributed by atoms with van der Waals surface area (Å²) in [6.45, 7) is 2.72. The Hall–Kier alpha value is -1.55. The normalized spacial score (nSPS) is 11.9. The van der Waals surface area contributed by atoms with Crippen LogP contribution in [0, 0.1) is 0 Å². The summed E-state index contributed by atoms with van der Waals surface area (Å²) in [7, 11) is 1.67. The van der Waals surface area contributed by atoms with E-state index in [1.807, 2.05) is 31.2 Å². The molecule has 0 saturated heterocycles. The Morgan fingerprint density at radius 1 is 1.30 bits per heavy atom. The number of unbranched alkanes of at least 4 members (excludes halogenated alkanes) is 2. The number of nitrogens with two attached hydrogens (primary N) is 1.